The fourth-order valence-corrected chi connectivity index (χ4v) is 4.93. The Labute approximate surface area is 218 Å². The molecule has 10 nitrogen and oxygen atoms in total. The van der Waals surface area contributed by atoms with Crippen LogP contribution >= 0.6 is 0 Å². The summed E-state index contributed by atoms with van der Waals surface area (Å²) in [5.41, 5.74) is 2.83. The third-order valence-corrected chi connectivity index (χ3v) is 7.07. The largest absolute Gasteiger partial charge is 0.371 e. The summed E-state index contributed by atoms with van der Waals surface area (Å²) in [4.78, 5) is 37.2. The van der Waals surface area contributed by atoms with Gasteiger partial charge in [-0.1, -0.05) is 0 Å². The number of morpholine rings is 1. The fraction of sp³-hybridized carbons (Fsp3) is 0.333. The van der Waals surface area contributed by atoms with Crippen LogP contribution in [-0.2, 0) is 16.6 Å². The van der Waals surface area contributed by atoms with Crippen LogP contribution in [0.5, 0.6) is 0 Å². The highest BCUT2D eigenvalue weighted by Crippen LogP contribution is 2.39. The van der Waals surface area contributed by atoms with Crippen LogP contribution in [0.3, 0.4) is 0 Å². The number of rotatable bonds is 6. The average Bonchev–Trinajstić information content (AvgIpc) is 3.55. The molecular formula is C27H28FN7O3. The van der Waals surface area contributed by atoms with Crippen LogP contribution < -0.4 is 16.0 Å². The molecule has 4 aromatic rings. The highest BCUT2D eigenvalue weighted by Gasteiger charge is 2.31. The van der Waals surface area contributed by atoms with E-state index in [2.05, 4.69) is 30.9 Å². The molecule has 4 heterocycles. The Kier molecular flexibility index (Phi) is 6.16. The summed E-state index contributed by atoms with van der Waals surface area (Å²) >= 11 is 0. The third kappa shape index (κ3) is 4.33. The number of pyridine rings is 1. The molecule has 2 fully saturated rings. The highest BCUT2D eigenvalue weighted by molar-refractivity contribution is 6.11. The van der Waals surface area contributed by atoms with Gasteiger partial charge in [0.15, 0.2) is 5.82 Å². The molecule has 38 heavy (non-hydrogen) atoms. The smallest absolute Gasteiger partial charge is 0.253 e. The molecule has 0 spiro atoms. The Morgan fingerprint density at radius 1 is 1.21 bits per heavy atom. The van der Waals surface area contributed by atoms with Gasteiger partial charge in [-0.2, -0.15) is 0 Å². The zero-order valence-corrected chi connectivity index (χ0v) is 21.1. The van der Waals surface area contributed by atoms with Crippen LogP contribution in [0.15, 0.2) is 36.8 Å². The lowest BCUT2D eigenvalue weighted by molar-refractivity contribution is -0.117. The van der Waals surface area contributed by atoms with Gasteiger partial charge >= 0.3 is 0 Å². The number of hydrogen-bond acceptors (Lipinski definition) is 6. The summed E-state index contributed by atoms with van der Waals surface area (Å²) in [6, 6.07) is 5.08. The molecule has 11 heteroatoms. The zero-order valence-electron chi connectivity index (χ0n) is 21.1. The number of amides is 2. The Morgan fingerprint density at radius 3 is 2.74 bits per heavy atom. The SMILES string of the molecule is CNC(=O)c1cnc(NC(=O)C2CC2)c2[nH]c(-c3c(F)cc(-c4nccn4C)cc3C3CNCCO3)cc12. The number of imidazole rings is 1. The van der Waals surface area contributed by atoms with Crippen molar-refractivity contribution in [3.05, 3.63) is 53.7 Å². The molecule has 1 saturated carbocycles. The molecule has 3 aromatic heterocycles. The first-order valence-corrected chi connectivity index (χ1v) is 12.6. The molecule has 1 aliphatic carbocycles. The number of ether oxygens (including phenoxy) is 1. The van der Waals surface area contributed by atoms with E-state index >= 15 is 4.39 Å². The van der Waals surface area contributed by atoms with E-state index in [-0.39, 0.29) is 17.7 Å². The molecule has 2 amide bonds. The van der Waals surface area contributed by atoms with Gasteiger partial charge in [-0.3, -0.25) is 9.59 Å². The number of fused-ring (bicyclic) bond motifs is 1. The van der Waals surface area contributed by atoms with Crippen molar-refractivity contribution >= 4 is 28.5 Å². The normalized spacial score (nSPS) is 17.5. The zero-order chi connectivity index (χ0) is 26.4. The van der Waals surface area contributed by atoms with Crippen molar-refractivity contribution in [2.24, 2.45) is 13.0 Å². The number of nitrogens with zero attached hydrogens (tertiary/aromatic N) is 3. The standard InChI is InChI=1S/C27H28FN7O3/c1-29-27(37)18-12-32-24(34-26(36)14-3-4-14)23-16(18)11-20(33-23)22-17(21-13-30-6-8-38-21)9-15(10-19(22)28)25-31-5-7-35(25)2/h5,7,9-12,14,21,30,33H,3-4,6,8,13H2,1-2H3,(H,29,37)(H,32,34,36). The number of carbonyl (C=O) groups is 2. The van der Waals surface area contributed by atoms with E-state index in [0.717, 1.165) is 12.8 Å². The summed E-state index contributed by atoms with van der Waals surface area (Å²) in [6.07, 6.45) is 6.19. The number of benzene rings is 1. The number of halogens is 1. The lowest BCUT2D eigenvalue weighted by Gasteiger charge is -2.26. The van der Waals surface area contributed by atoms with Crippen LogP contribution in [0.4, 0.5) is 10.2 Å². The first kappa shape index (κ1) is 24.3. The second kappa shape index (κ2) is 9.66. The molecule has 6 rings (SSSR count). The Hall–Kier alpha value is -4.09. The van der Waals surface area contributed by atoms with E-state index in [0.29, 0.717) is 70.2 Å². The predicted molar refractivity (Wildman–Crippen MR) is 140 cm³/mol. The van der Waals surface area contributed by atoms with Gasteiger partial charge in [-0.25, -0.2) is 14.4 Å². The highest BCUT2D eigenvalue weighted by atomic mass is 19.1. The lowest BCUT2D eigenvalue weighted by Crippen LogP contribution is -2.33. The molecule has 0 bridgehead atoms. The number of hydrogen-bond donors (Lipinski definition) is 4. The molecule has 0 radical (unpaired) electrons. The van der Waals surface area contributed by atoms with Crippen LogP contribution in [0, 0.1) is 11.7 Å². The molecule has 1 aromatic carbocycles. The minimum atomic E-state index is -0.459. The monoisotopic (exact) mass is 517 g/mol. The van der Waals surface area contributed by atoms with Gasteiger partial charge in [0, 0.05) is 73.9 Å². The predicted octanol–water partition coefficient (Wildman–Crippen LogP) is 3.14. The molecule has 1 saturated heterocycles. The van der Waals surface area contributed by atoms with Gasteiger partial charge in [0.05, 0.1) is 23.8 Å². The summed E-state index contributed by atoms with van der Waals surface area (Å²) in [6.45, 7) is 1.72. The Morgan fingerprint density at radius 2 is 2.05 bits per heavy atom. The van der Waals surface area contributed by atoms with E-state index in [1.165, 1.54) is 19.3 Å². The second-order valence-electron chi connectivity index (χ2n) is 9.68. The Bertz CT molecular complexity index is 1550. The lowest BCUT2D eigenvalue weighted by atomic mass is 9.95. The van der Waals surface area contributed by atoms with Crippen molar-refractivity contribution in [1.82, 2.24) is 30.2 Å². The minimum absolute atomic E-state index is 0.0291. The van der Waals surface area contributed by atoms with Crippen molar-refractivity contribution < 1.29 is 18.7 Å². The van der Waals surface area contributed by atoms with Crippen LogP contribution in [0.1, 0.15) is 34.9 Å². The van der Waals surface area contributed by atoms with Crippen molar-refractivity contribution in [1.29, 1.82) is 0 Å². The van der Waals surface area contributed by atoms with E-state index in [9.17, 15) is 9.59 Å². The van der Waals surface area contributed by atoms with Crippen LogP contribution in [0.2, 0.25) is 0 Å². The number of nitrogens with one attached hydrogen (secondary N) is 4. The molecular weight excluding hydrogens is 489 g/mol. The summed E-state index contributed by atoms with van der Waals surface area (Å²) < 4.78 is 23.9. The summed E-state index contributed by atoms with van der Waals surface area (Å²) in [5.74, 6) is -0.00143. The van der Waals surface area contributed by atoms with E-state index in [1.54, 1.807) is 12.3 Å². The van der Waals surface area contributed by atoms with E-state index < -0.39 is 11.9 Å². The quantitative estimate of drug-likeness (QED) is 0.311. The van der Waals surface area contributed by atoms with Crippen LogP contribution in [0.25, 0.3) is 33.5 Å². The maximum atomic E-state index is 16.1. The van der Waals surface area contributed by atoms with Gasteiger partial charge in [-0.15, -0.1) is 0 Å². The number of carbonyl (C=O) groups excluding carboxylic acids is 2. The van der Waals surface area contributed by atoms with E-state index in [4.69, 9.17) is 4.74 Å². The van der Waals surface area contributed by atoms with Gasteiger partial charge < -0.3 is 30.2 Å². The number of anilines is 1. The average molecular weight is 518 g/mol. The van der Waals surface area contributed by atoms with Gasteiger partial charge in [0.2, 0.25) is 5.91 Å². The number of aryl methyl sites for hydroxylation is 1. The third-order valence-electron chi connectivity index (χ3n) is 7.07. The molecule has 196 valence electrons. The topological polar surface area (TPSA) is 126 Å². The van der Waals surface area contributed by atoms with Gasteiger partial charge in [0.1, 0.15) is 11.6 Å². The van der Waals surface area contributed by atoms with Crippen molar-refractivity contribution in [2.45, 2.75) is 18.9 Å². The first-order chi connectivity index (χ1) is 18.4. The fourth-order valence-electron chi connectivity index (χ4n) is 4.93. The number of aromatic nitrogens is 4. The number of H-pyrrole nitrogens is 1. The van der Waals surface area contributed by atoms with Crippen molar-refractivity contribution in [2.75, 3.05) is 32.1 Å². The molecule has 2 aliphatic rings. The van der Waals surface area contributed by atoms with Crippen molar-refractivity contribution in [3.63, 3.8) is 0 Å². The maximum Gasteiger partial charge on any atom is 0.253 e. The summed E-state index contributed by atoms with van der Waals surface area (Å²) in [7, 11) is 3.39. The molecule has 1 unspecified atom stereocenters. The molecule has 4 N–H and O–H groups in total. The van der Waals surface area contributed by atoms with E-state index in [1.807, 2.05) is 23.9 Å². The Balaban J connectivity index is 1.53. The number of aromatic amines is 1. The van der Waals surface area contributed by atoms with Crippen molar-refractivity contribution in [3.8, 4) is 22.6 Å². The van der Waals surface area contributed by atoms with Gasteiger partial charge in [0.25, 0.3) is 5.91 Å². The second-order valence-corrected chi connectivity index (χ2v) is 9.68. The van der Waals surface area contributed by atoms with Gasteiger partial charge in [-0.05, 0) is 36.6 Å². The minimum Gasteiger partial charge on any atom is -0.371 e. The molecule has 1 atom stereocenters. The first-order valence-electron chi connectivity index (χ1n) is 12.6. The molecule has 1 aliphatic heterocycles. The summed E-state index contributed by atoms with van der Waals surface area (Å²) in [5, 5.41) is 9.33. The van der Waals surface area contributed by atoms with Crippen LogP contribution in [-0.4, -0.2) is 58.1 Å². The maximum absolute atomic E-state index is 16.1.